The van der Waals surface area contributed by atoms with Crippen molar-refractivity contribution >= 4 is 41.0 Å². The maximum absolute atomic E-state index is 15.4. The van der Waals surface area contributed by atoms with Crippen LogP contribution in [0.4, 0.5) is 10.2 Å². The van der Waals surface area contributed by atoms with Gasteiger partial charge in [-0.3, -0.25) is 29.4 Å². The number of fused-ring (bicyclic) bond motifs is 3. The molecule has 3 saturated heterocycles. The first-order valence-corrected chi connectivity index (χ1v) is 18.5. The maximum atomic E-state index is 15.4. The van der Waals surface area contributed by atoms with Crippen molar-refractivity contribution in [2.45, 2.75) is 94.7 Å². The van der Waals surface area contributed by atoms with Crippen molar-refractivity contribution in [2.24, 2.45) is 0 Å². The molecule has 0 radical (unpaired) electrons. The molecule has 4 aliphatic heterocycles. The van der Waals surface area contributed by atoms with Gasteiger partial charge in [-0.2, -0.15) is 5.26 Å². The quantitative estimate of drug-likeness (QED) is 0.325. The number of halogens is 2. The number of benzene rings is 2. The molecule has 274 valence electrons. The van der Waals surface area contributed by atoms with E-state index >= 15 is 4.39 Å². The number of nitrogens with zero attached hydrogens (tertiary/aromatic N) is 6. The molecular formula is C38H38ClFN8O5. The number of nitriles is 1. The normalized spacial score (nSPS) is 25.5. The summed E-state index contributed by atoms with van der Waals surface area (Å²) in [7, 11) is 0. The van der Waals surface area contributed by atoms with Gasteiger partial charge in [-0.15, -0.1) is 10.2 Å². The Labute approximate surface area is 310 Å². The number of ether oxygens (including phenoxy) is 1. The van der Waals surface area contributed by atoms with Crippen LogP contribution < -0.4 is 20.3 Å². The van der Waals surface area contributed by atoms with Crippen LogP contribution in [0.25, 0.3) is 0 Å². The van der Waals surface area contributed by atoms with E-state index in [1.165, 1.54) is 11.0 Å². The highest BCUT2D eigenvalue weighted by Crippen LogP contribution is 2.36. The number of aromatic nitrogens is 2. The monoisotopic (exact) mass is 740 g/mol. The van der Waals surface area contributed by atoms with E-state index in [-0.39, 0.29) is 66.7 Å². The van der Waals surface area contributed by atoms with Gasteiger partial charge in [0, 0.05) is 67.9 Å². The van der Waals surface area contributed by atoms with Crippen molar-refractivity contribution in [3.8, 4) is 11.8 Å². The lowest BCUT2D eigenvalue weighted by Crippen LogP contribution is -2.53. The molecule has 2 N–H and O–H groups in total. The van der Waals surface area contributed by atoms with Gasteiger partial charge in [-0.25, -0.2) is 4.39 Å². The van der Waals surface area contributed by atoms with Crippen molar-refractivity contribution in [1.82, 2.24) is 30.6 Å². The number of carbonyl (C=O) groups excluding carboxylic acids is 4. The van der Waals surface area contributed by atoms with Gasteiger partial charge in [0.25, 0.3) is 11.8 Å². The fourth-order valence-electron chi connectivity index (χ4n) is 8.52. The molecule has 0 spiro atoms. The fourth-order valence-corrected chi connectivity index (χ4v) is 8.73. The highest BCUT2D eigenvalue weighted by atomic mass is 35.5. The Morgan fingerprint density at radius 1 is 1.00 bits per heavy atom. The summed E-state index contributed by atoms with van der Waals surface area (Å²) in [6, 6.07) is 13.2. The lowest BCUT2D eigenvalue weighted by Gasteiger charge is -2.41. The minimum Gasteiger partial charge on any atom is -0.490 e. The number of amides is 4. The van der Waals surface area contributed by atoms with Crippen molar-refractivity contribution in [2.75, 3.05) is 18.0 Å². The number of hydrogen-bond donors (Lipinski definition) is 2. The summed E-state index contributed by atoms with van der Waals surface area (Å²) >= 11 is 6.14. The van der Waals surface area contributed by atoms with Crippen LogP contribution in [0.1, 0.15) is 88.9 Å². The highest BCUT2D eigenvalue weighted by molar-refractivity contribution is 6.31. The number of nitrogens with one attached hydrogen (secondary N) is 2. The van der Waals surface area contributed by atoms with Crippen LogP contribution in [-0.2, 0) is 22.7 Å². The predicted octanol–water partition coefficient (Wildman–Crippen LogP) is 3.87. The fraction of sp³-hybridized carbons (Fsp3) is 0.447. The van der Waals surface area contributed by atoms with E-state index in [1.54, 1.807) is 30.3 Å². The van der Waals surface area contributed by atoms with Crippen molar-refractivity contribution in [3.63, 3.8) is 0 Å². The van der Waals surface area contributed by atoms with E-state index in [0.717, 1.165) is 38.5 Å². The Hall–Kier alpha value is -5.13. The topological polar surface area (TPSA) is 161 Å². The van der Waals surface area contributed by atoms with E-state index in [4.69, 9.17) is 21.6 Å². The van der Waals surface area contributed by atoms with Gasteiger partial charge in [-0.05, 0) is 86.9 Å². The SMILES string of the molecule is N#Cc1ccc(O[C@H]2CC[C@H](NC(=O)c3ccc(N4C5CCC4CN(Cc4cc6c(cc4F)C(=O)N(C4CCC(=O)NC4=O)C6)C5)nn3)CC2)cc1Cl. The van der Waals surface area contributed by atoms with Crippen LogP contribution in [-0.4, -0.2) is 87.0 Å². The summed E-state index contributed by atoms with van der Waals surface area (Å²) in [5.74, 6) is -0.615. The first kappa shape index (κ1) is 34.9. The van der Waals surface area contributed by atoms with Crippen LogP contribution >= 0.6 is 11.6 Å². The summed E-state index contributed by atoms with van der Waals surface area (Å²) in [5, 5.41) is 23.6. The third-order valence-corrected chi connectivity index (χ3v) is 11.5. The maximum Gasteiger partial charge on any atom is 0.272 e. The first-order valence-electron chi connectivity index (χ1n) is 18.1. The van der Waals surface area contributed by atoms with E-state index in [0.29, 0.717) is 52.9 Å². The summed E-state index contributed by atoms with van der Waals surface area (Å²) in [6.07, 6.45) is 5.38. The van der Waals surface area contributed by atoms with Crippen LogP contribution in [0.15, 0.2) is 42.5 Å². The standard InChI is InChI=1S/C38H38ClFN8O5/c39-30-14-28(6-1-21(30)16-41)53-27-7-2-24(3-8-27)42-36(50)32-9-11-34(45-44-32)48-25-4-5-26(48)20-46(19-25)17-23-13-22-18-47(38(52)29(22)15-31(23)40)33-10-12-35(49)43-37(33)51/h1,6,9,11,13-15,24-27,33H,2-5,7-8,10,12,17-20H2,(H,42,50)(H,43,49,51)/t24-,25?,26?,27-,33?. The molecule has 3 atom stereocenters. The average Bonchev–Trinajstić information content (AvgIpc) is 3.60. The van der Waals surface area contributed by atoms with Gasteiger partial charge < -0.3 is 19.9 Å². The number of carbonyl (C=O) groups is 4. The third kappa shape index (κ3) is 7.03. The number of piperidine rings is 1. The smallest absolute Gasteiger partial charge is 0.272 e. The van der Waals surface area contributed by atoms with Crippen molar-refractivity contribution in [3.05, 3.63) is 81.3 Å². The van der Waals surface area contributed by atoms with Gasteiger partial charge in [0.15, 0.2) is 11.5 Å². The van der Waals surface area contributed by atoms with Gasteiger partial charge in [0.05, 0.1) is 16.7 Å². The first-order chi connectivity index (χ1) is 25.6. The molecule has 5 aliphatic rings. The summed E-state index contributed by atoms with van der Waals surface area (Å²) in [4.78, 5) is 56.1. The Balaban J connectivity index is 0.837. The van der Waals surface area contributed by atoms with Crippen molar-refractivity contribution < 1.29 is 28.3 Å². The minimum absolute atomic E-state index is 0.00186. The highest BCUT2D eigenvalue weighted by Gasteiger charge is 2.42. The molecule has 8 rings (SSSR count). The molecule has 2 aromatic carbocycles. The second-order valence-corrected chi connectivity index (χ2v) is 15.0. The molecule has 3 aromatic rings. The number of hydrogen-bond acceptors (Lipinski definition) is 10. The summed E-state index contributed by atoms with van der Waals surface area (Å²) in [5.41, 5.74) is 2.11. The molecule has 4 fully saturated rings. The van der Waals surface area contributed by atoms with Crippen LogP contribution in [0, 0.1) is 17.1 Å². The van der Waals surface area contributed by atoms with Crippen LogP contribution in [0.2, 0.25) is 5.02 Å². The predicted molar refractivity (Wildman–Crippen MR) is 189 cm³/mol. The van der Waals surface area contributed by atoms with Crippen LogP contribution in [0.5, 0.6) is 5.75 Å². The van der Waals surface area contributed by atoms with Gasteiger partial charge in [0.2, 0.25) is 11.8 Å². The number of anilines is 1. The second kappa shape index (κ2) is 14.4. The minimum atomic E-state index is -0.746. The lowest BCUT2D eigenvalue weighted by molar-refractivity contribution is -0.136. The van der Waals surface area contributed by atoms with E-state index in [9.17, 15) is 19.2 Å². The largest absolute Gasteiger partial charge is 0.490 e. The zero-order valence-corrected chi connectivity index (χ0v) is 29.6. The Morgan fingerprint density at radius 2 is 1.77 bits per heavy atom. The van der Waals surface area contributed by atoms with Crippen LogP contribution in [0.3, 0.4) is 0 Å². The summed E-state index contributed by atoms with van der Waals surface area (Å²) < 4.78 is 21.5. The molecule has 13 nitrogen and oxygen atoms in total. The molecule has 2 bridgehead atoms. The van der Waals surface area contributed by atoms with Gasteiger partial charge in [-0.1, -0.05) is 11.6 Å². The molecule has 1 aromatic heterocycles. The van der Waals surface area contributed by atoms with Gasteiger partial charge in [0.1, 0.15) is 23.7 Å². The average molecular weight is 741 g/mol. The lowest BCUT2D eigenvalue weighted by atomic mass is 9.93. The van der Waals surface area contributed by atoms with E-state index < -0.39 is 23.7 Å². The van der Waals surface area contributed by atoms with Crippen molar-refractivity contribution in [1.29, 1.82) is 5.26 Å². The zero-order valence-electron chi connectivity index (χ0n) is 28.9. The third-order valence-electron chi connectivity index (χ3n) is 11.2. The number of imide groups is 1. The molecule has 53 heavy (non-hydrogen) atoms. The Bertz CT molecular complexity index is 2000. The molecule has 5 heterocycles. The molecule has 15 heteroatoms. The number of likely N-dealkylation sites (tertiary alicyclic amines) is 1. The summed E-state index contributed by atoms with van der Waals surface area (Å²) in [6.45, 7) is 1.98. The zero-order chi connectivity index (χ0) is 36.8. The second-order valence-electron chi connectivity index (χ2n) is 14.6. The number of rotatable bonds is 8. The van der Waals surface area contributed by atoms with Gasteiger partial charge >= 0.3 is 0 Å². The molecule has 3 unspecified atom stereocenters. The van der Waals surface area contributed by atoms with E-state index in [2.05, 4.69) is 30.6 Å². The molecule has 1 aliphatic carbocycles. The van der Waals surface area contributed by atoms with E-state index in [1.807, 2.05) is 12.1 Å². The molecular weight excluding hydrogens is 703 g/mol. The number of piperazine rings is 1. The molecule has 4 amide bonds. The Kier molecular flexibility index (Phi) is 9.46. The Morgan fingerprint density at radius 3 is 2.45 bits per heavy atom. The molecule has 1 saturated carbocycles.